The smallest absolute Gasteiger partial charge is 0.267 e. The Morgan fingerprint density at radius 3 is 2.35 bits per heavy atom. The molecule has 0 fully saturated rings. The van der Waals surface area contributed by atoms with Crippen molar-refractivity contribution in [1.82, 2.24) is 5.16 Å². The summed E-state index contributed by atoms with van der Waals surface area (Å²) in [6.45, 7) is 9.29. The van der Waals surface area contributed by atoms with Crippen LogP contribution in [0.2, 0.25) is 0 Å². The van der Waals surface area contributed by atoms with Crippen LogP contribution in [0.4, 0.5) is 5.69 Å². The normalized spacial score (nSPS) is 12.3. The van der Waals surface area contributed by atoms with Gasteiger partial charge in [-0.2, -0.15) is 0 Å². The molecule has 0 aliphatic heterocycles. The molecule has 0 bridgehead atoms. The Balaban J connectivity index is 2.45. The zero-order valence-corrected chi connectivity index (χ0v) is 15.0. The SMILES string of the molecule is COc1ccc(NS(=O)(=O)c2c(C)noc2C)cc1C(C)(C)C. The number of nitrogens with zero attached hydrogens (tertiary/aromatic N) is 1. The van der Waals surface area contributed by atoms with Crippen molar-refractivity contribution in [1.29, 1.82) is 0 Å². The topological polar surface area (TPSA) is 81.4 Å². The molecule has 7 heteroatoms. The maximum absolute atomic E-state index is 12.6. The number of anilines is 1. The molecule has 0 spiro atoms. The lowest BCUT2D eigenvalue weighted by atomic mass is 9.86. The summed E-state index contributed by atoms with van der Waals surface area (Å²) in [5.74, 6) is 0.984. The van der Waals surface area contributed by atoms with Crippen molar-refractivity contribution >= 4 is 15.7 Å². The highest BCUT2D eigenvalue weighted by atomic mass is 32.2. The van der Waals surface area contributed by atoms with Gasteiger partial charge in [0.05, 0.1) is 7.11 Å². The van der Waals surface area contributed by atoms with Crippen LogP contribution in [0.3, 0.4) is 0 Å². The van der Waals surface area contributed by atoms with E-state index in [2.05, 4.69) is 9.88 Å². The van der Waals surface area contributed by atoms with Crippen LogP contribution in [-0.2, 0) is 15.4 Å². The lowest BCUT2D eigenvalue weighted by molar-refractivity contribution is 0.390. The van der Waals surface area contributed by atoms with Gasteiger partial charge in [-0.15, -0.1) is 0 Å². The second-order valence-electron chi connectivity index (χ2n) is 6.42. The number of hydrogen-bond acceptors (Lipinski definition) is 5. The highest BCUT2D eigenvalue weighted by Crippen LogP contribution is 2.34. The van der Waals surface area contributed by atoms with E-state index in [9.17, 15) is 8.42 Å². The molecule has 0 saturated heterocycles. The van der Waals surface area contributed by atoms with E-state index in [1.165, 1.54) is 0 Å². The van der Waals surface area contributed by atoms with Crippen LogP contribution in [0.1, 0.15) is 37.8 Å². The zero-order valence-electron chi connectivity index (χ0n) is 14.2. The average molecular weight is 338 g/mol. The fourth-order valence-corrected chi connectivity index (χ4v) is 3.80. The Morgan fingerprint density at radius 2 is 1.87 bits per heavy atom. The Labute approximate surface area is 136 Å². The lowest BCUT2D eigenvalue weighted by Gasteiger charge is -2.23. The van der Waals surface area contributed by atoms with Crippen molar-refractivity contribution in [3.63, 3.8) is 0 Å². The van der Waals surface area contributed by atoms with Gasteiger partial charge in [-0.1, -0.05) is 25.9 Å². The lowest BCUT2D eigenvalue weighted by Crippen LogP contribution is -2.17. The Morgan fingerprint density at radius 1 is 1.22 bits per heavy atom. The fraction of sp³-hybridized carbons (Fsp3) is 0.438. The summed E-state index contributed by atoms with van der Waals surface area (Å²) in [6.07, 6.45) is 0. The molecule has 1 N–H and O–H groups in total. The zero-order chi connectivity index (χ0) is 17.4. The molecule has 1 heterocycles. The molecule has 2 rings (SSSR count). The summed E-state index contributed by atoms with van der Waals surface area (Å²) in [5.41, 5.74) is 1.53. The molecule has 2 aromatic rings. The van der Waals surface area contributed by atoms with Crippen molar-refractivity contribution in [2.45, 2.75) is 44.9 Å². The van der Waals surface area contributed by atoms with Crippen molar-refractivity contribution in [3.05, 3.63) is 35.2 Å². The molecule has 0 amide bonds. The number of methoxy groups -OCH3 is 1. The molecule has 0 atom stereocenters. The summed E-state index contributed by atoms with van der Waals surface area (Å²) < 4.78 is 38.0. The average Bonchev–Trinajstić information content (AvgIpc) is 2.77. The first-order valence-corrected chi connectivity index (χ1v) is 8.69. The van der Waals surface area contributed by atoms with Crippen LogP contribution in [-0.4, -0.2) is 20.7 Å². The summed E-state index contributed by atoms with van der Waals surface area (Å²) in [5, 5.41) is 3.69. The van der Waals surface area contributed by atoms with Gasteiger partial charge in [0, 0.05) is 11.3 Å². The Bertz CT molecular complexity index is 798. The molecular formula is C16H22N2O4S. The maximum Gasteiger partial charge on any atom is 0.267 e. The van der Waals surface area contributed by atoms with Gasteiger partial charge in [-0.05, 0) is 37.5 Å². The van der Waals surface area contributed by atoms with Crippen molar-refractivity contribution < 1.29 is 17.7 Å². The van der Waals surface area contributed by atoms with E-state index >= 15 is 0 Å². The number of aryl methyl sites for hydroxylation is 2. The van der Waals surface area contributed by atoms with Gasteiger partial charge in [-0.25, -0.2) is 8.42 Å². The first-order valence-electron chi connectivity index (χ1n) is 7.20. The molecule has 0 saturated carbocycles. The summed E-state index contributed by atoms with van der Waals surface area (Å²) in [4.78, 5) is 0.0747. The number of ether oxygens (including phenoxy) is 1. The second kappa shape index (κ2) is 5.88. The van der Waals surface area contributed by atoms with E-state index in [0.717, 1.165) is 11.3 Å². The third-order valence-corrected chi connectivity index (χ3v) is 5.12. The molecule has 0 aliphatic rings. The number of aromatic nitrogens is 1. The summed E-state index contributed by atoms with van der Waals surface area (Å²) >= 11 is 0. The van der Waals surface area contributed by atoms with Gasteiger partial charge in [0.25, 0.3) is 10.0 Å². The molecule has 0 radical (unpaired) electrons. The van der Waals surface area contributed by atoms with Gasteiger partial charge in [0.2, 0.25) is 0 Å². The van der Waals surface area contributed by atoms with Crippen molar-refractivity contribution in [2.75, 3.05) is 11.8 Å². The van der Waals surface area contributed by atoms with Crippen molar-refractivity contribution in [3.8, 4) is 5.75 Å². The van der Waals surface area contributed by atoms with Crippen LogP contribution in [0, 0.1) is 13.8 Å². The van der Waals surface area contributed by atoms with Crippen LogP contribution >= 0.6 is 0 Å². The number of hydrogen-bond donors (Lipinski definition) is 1. The van der Waals surface area contributed by atoms with Gasteiger partial charge in [-0.3, -0.25) is 4.72 Å². The molecule has 0 aliphatic carbocycles. The molecule has 126 valence electrons. The van der Waals surface area contributed by atoms with E-state index in [0.29, 0.717) is 11.4 Å². The maximum atomic E-state index is 12.6. The van der Waals surface area contributed by atoms with Gasteiger partial charge >= 0.3 is 0 Å². The number of nitrogens with one attached hydrogen (secondary N) is 1. The molecular weight excluding hydrogens is 316 g/mol. The molecule has 23 heavy (non-hydrogen) atoms. The van der Waals surface area contributed by atoms with E-state index < -0.39 is 10.0 Å². The molecule has 0 unspecified atom stereocenters. The first-order chi connectivity index (χ1) is 10.6. The van der Waals surface area contributed by atoms with E-state index in [4.69, 9.17) is 9.26 Å². The number of benzene rings is 1. The third-order valence-electron chi connectivity index (χ3n) is 3.50. The van der Waals surface area contributed by atoms with Gasteiger partial charge in [0.15, 0.2) is 10.7 Å². The van der Waals surface area contributed by atoms with E-state index in [-0.39, 0.29) is 16.1 Å². The highest BCUT2D eigenvalue weighted by Gasteiger charge is 2.25. The standard InChI is InChI=1S/C16H22N2O4S/c1-10-15(11(2)22-17-10)23(19,20)18-12-7-8-14(21-6)13(9-12)16(3,4)5/h7-9,18H,1-6H3. The van der Waals surface area contributed by atoms with Crippen molar-refractivity contribution in [2.24, 2.45) is 0 Å². The highest BCUT2D eigenvalue weighted by molar-refractivity contribution is 7.92. The summed E-state index contributed by atoms with van der Waals surface area (Å²) in [7, 11) is -2.16. The Kier molecular flexibility index (Phi) is 4.43. The first kappa shape index (κ1) is 17.3. The molecule has 1 aromatic carbocycles. The fourth-order valence-electron chi connectivity index (χ4n) is 2.42. The number of rotatable bonds is 4. The third kappa shape index (κ3) is 3.50. The van der Waals surface area contributed by atoms with Crippen LogP contribution < -0.4 is 9.46 Å². The minimum absolute atomic E-state index is 0.0747. The summed E-state index contributed by atoms with van der Waals surface area (Å²) in [6, 6.07) is 5.21. The van der Waals surface area contributed by atoms with Crippen LogP contribution in [0.5, 0.6) is 5.75 Å². The largest absolute Gasteiger partial charge is 0.496 e. The molecule has 1 aromatic heterocycles. The number of sulfonamides is 1. The predicted octanol–water partition coefficient (Wildman–Crippen LogP) is 3.40. The second-order valence-corrected chi connectivity index (χ2v) is 8.04. The monoisotopic (exact) mass is 338 g/mol. The quantitative estimate of drug-likeness (QED) is 0.924. The van der Waals surface area contributed by atoms with Crippen LogP contribution in [0.25, 0.3) is 0 Å². The van der Waals surface area contributed by atoms with Crippen LogP contribution in [0.15, 0.2) is 27.6 Å². The van der Waals surface area contributed by atoms with Gasteiger partial charge in [0.1, 0.15) is 11.4 Å². The predicted molar refractivity (Wildman–Crippen MR) is 88.5 cm³/mol. The minimum Gasteiger partial charge on any atom is -0.496 e. The van der Waals surface area contributed by atoms with Gasteiger partial charge < -0.3 is 9.26 Å². The van der Waals surface area contributed by atoms with E-state index in [1.54, 1.807) is 39.2 Å². The molecule has 6 nitrogen and oxygen atoms in total. The minimum atomic E-state index is -3.76. The van der Waals surface area contributed by atoms with E-state index in [1.807, 2.05) is 20.8 Å². The Hall–Kier alpha value is -2.02.